The predicted octanol–water partition coefficient (Wildman–Crippen LogP) is 2.52. The summed E-state index contributed by atoms with van der Waals surface area (Å²) < 4.78 is 28.7. The molecule has 0 radical (unpaired) electrons. The molecule has 0 aliphatic carbocycles. The van der Waals surface area contributed by atoms with E-state index in [9.17, 15) is 8.78 Å². The van der Waals surface area contributed by atoms with E-state index < -0.39 is 6.61 Å². The highest BCUT2D eigenvalue weighted by Crippen LogP contribution is 2.31. The zero-order valence-electron chi connectivity index (χ0n) is 8.84. The topological polar surface area (TPSA) is 35.2 Å². The molecule has 1 aromatic rings. The van der Waals surface area contributed by atoms with Crippen LogP contribution in [-0.4, -0.2) is 13.2 Å². The van der Waals surface area contributed by atoms with Crippen molar-refractivity contribution in [1.29, 1.82) is 0 Å². The second kappa shape index (κ2) is 4.57. The molecule has 0 heterocycles. The molecule has 0 aliphatic rings. The van der Waals surface area contributed by atoms with Gasteiger partial charge in [-0.2, -0.15) is 8.78 Å². The van der Waals surface area contributed by atoms with Crippen molar-refractivity contribution in [2.45, 2.75) is 25.9 Å². The van der Waals surface area contributed by atoms with E-state index in [1.54, 1.807) is 18.2 Å². The van der Waals surface area contributed by atoms with Crippen molar-refractivity contribution >= 4 is 0 Å². The van der Waals surface area contributed by atoms with Crippen LogP contribution in [-0.2, 0) is 5.41 Å². The summed E-state index contributed by atoms with van der Waals surface area (Å²) in [6, 6.07) is 6.72. The second-order valence-electron chi connectivity index (χ2n) is 3.96. The first kappa shape index (κ1) is 11.9. The maximum absolute atomic E-state index is 12.1. The quantitative estimate of drug-likeness (QED) is 0.837. The summed E-state index contributed by atoms with van der Waals surface area (Å²) in [6.07, 6.45) is 0. The van der Waals surface area contributed by atoms with Crippen molar-refractivity contribution in [3.63, 3.8) is 0 Å². The first-order chi connectivity index (χ1) is 6.97. The average molecular weight is 215 g/mol. The Labute approximate surface area is 88.0 Å². The third-order valence-electron chi connectivity index (χ3n) is 2.34. The molecule has 15 heavy (non-hydrogen) atoms. The molecule has 0 saturated heterocycles. The van der Waals surface area contributed by atoms with Crippen molar-refractivity contribution in [2.75, 3.05) is 6.54 Å². The number of hydrogen-bond donors (Lipinski definition) is 1. The average Bonchev–Trinajstić information content (AvgIpc) is 2.17. The first-order valence-electron chi connectivity index (χ1n) is 4.72. The maximum Gasteiger partial charge on any atom is 0.387 e. The highest BCUT2D eigenvalue weighted by Gasteiger charge is 2.23. The Morgan fingerprint density at radius 1 is 1.33 bits per heavy atom. The lowest BCUT2D eigenvalue weighted by molar-refractivity contribution is -0.0509. The minimum absolute atomic E-state index is 0.197. The van der Waals surface area contributed by atoms with Gasteiger partial charge in [0, 0.05) is 17.5 Å². The van der Waals surface area contributed by atoms with E-state index in [0.717, 1.165) is 0 Å². The molecule has 0 spiro atoms. The maximum atomic E-state index is 12.1. The Morgan fingerprint density at radius 2 is 1.93 bits per heavy atom. The molecule has 0 aromatic heterocycles. The zero-order chi connectivity index (χ0) is 11.5. The standard InChI is InChI=1S/C11H15F2NO/c1-11(2,7-14)8-5-3-4-6-9(8)15-10(12)13/h3-6,10H,7,14H2,1-2H3. The molecule has 1 aromatic carbocycles. The number of ether oxygens (including phenoxy) is 1. The summed E-state index contributed by atoms with van der Waals surface area (Å²) in [5.74, 6) is 0.197. The lowest BCUT2D eigenvalue weighted by Crippen LogP contribution is -2.29. The molecule has 0 aliphatic heterocycles. The second-order valence-corrected chi connectivity index (χ2v) is 3.96. The molecule has 4 heteroatoms. The predicted molar refractivity (Wildman–Crippen MR) is 55.2 cm³/mol. The normalized spacial score (nSPS) is 11.9. The van der Waals surface area contributed by atoms with E-state index in [1.165, 1.54) is 6.07 Å². The molecule has 0 bridgehead atoms. The van der Waals surface area contributed by atoms with E-state index in [1.807, 2.05) is 13.8 Å². The Bertz CT molecular complexity index is 326. The molecule has 0 saturated carbocycles. The van der Waals surface area contributed by atoms with Gasteiger partial charge in [0.25, 0.3) is 0 Å². The third-order valence-corrected chi connectivity index (χ3v) is 2.34. The summed E-state index contributed by atoms with van der Waals surface area (Å²) in [4.78, 5) is 0. The van der Waals surface area contributed by atoms with Crippen LogP contribution >= 0.6 is 0 Å². The molecular formula is C11H15F2NO. The molecule has 0 atom stereocenters. The van der Waals surface area contributed by atoms with Crippen LogP contribution in [0.1, 0.15) is 19.4 Å². The Kier molecular flexibility index (Phi) is 3.63. The molecule has 0 fully saturated rings. The van der Waals surface area contributed by atoms with Crippen molar-refractivity contribution in [3.8, 4) is 5.75 Å². The fraction of sp³-hybridized carbons (Fsp3) is 0.455. The van der Waals surface area contributed by atoms with Gasteiger partial charge in [-0.25, -0.2) is 0 Å². The SMILES string of the molecule is CC(C)(CN)c1ccccc1OC(F)F. The number of hydrogen-bond acceptors (Lipinski definition) is 2. The molecule has 2 nitrogen and oxygen atoms in total. The van der Waals surface area contributed by atoms with Crippen LogP contribution in [0, 0.1) is 0 Å². The van der Waals surface area contributed by atoms with E-state index >= 15 is 0 Å². The van der Waals surface area contributed by atoms with Crippen molar-refractivity contribution in [3.05, 3.63) is 29.8 Å². The number of rotatable bonds is 4. The van der Waals surface area contributed by atoms with Crippen molar-refractivity contribution < 1.29 is 13.5 Å². The fourth-order valence-electron chi connectivity index (χ4n) is 1.33. The number of alkyl halides is 2. The number of nitrogens with two attached hydrogens (primary N) is 1. The molecule has 1 rings (SSSR count). The van der Waals surface area contributed by atoms with Gasteiger partial charge in [0.2, 0.25) is 0 Å². The Hall–Kier alpha value is -1.16. The number of para-hydroxylation sites is 1. The Balaban J connectivity index is 3.06. The zero-order valence-corrected chi connectivity index (χ0v) is 8.84. The summed E-state index contributed by atoms with van der Waals surface area (Å²) in [5, 5.41) is 0. The van der Waals surface area contributed by atoms with Gasteiger partial charge < -0.3 is 10.5 Å². The van der Waals surface area contributed by atoms with Crippen LogP contribution in [0.5, 0.6) is 5.75 Å². The summed E-state index contributed by atoms with van der Waals surface area (Å²) in [6.45, 7) is 1.34. The van der Waals surface area contributed by atoms with E-state index in [2.05, 4.69) is 4.74 Å². The van der Waals surface area contributed by atoms with Gasteiger partial charge in [-0.15, -0.1) is 0 Å². The number of benzene rings is 1. The third kappa shape index (κ3) is 2.89. The summed E-state index contributed by atoms with van der Waals surface area (Å²) >= 11 is 0. The van der Waals surface area contributed by atoms with Crippen LogP contribution in [0.25, 0.3) is 0 Å². The van der Waals surface area contributed by atoms with Gasteiger partial charge in [-0.3, -0.25) is 0 Å². The van der Waals surface area contributed by atoms with Crippen LogP contribution in [0.15, 0.2) is 24.3 Å². The highest BCUT2D eigenvalue weighted by molar-refractivity contribution is 5.39. The van der Waals surface area contributed by atoms with Crippen LogP contribution in [0.3, 0.4) is 0 Å². The minimum Gasteiger partial charge on any atom is -0.435 e. The highest BCUT2D eigenvalue weighted by atomic mass is 19.3. The summed E-state index contributed by atoms with van der Waals surface area (Å²) in [7, 11) is 0. The first-order valence-corrected chi connectivity index (χ1v) is 4.72. The molecule has 84 valence electrons. The summed E-state index contributed by atoms with van der Waals surface area (Å²) in [5.41, 5.74) is 5.93. The van der Waals surface area contributed by atoms with Gasteiger partial charge in [-0.05, 0) is 6.07 Å². The van der Waals surface area contributed by atoms with Gasteiger partial charge in [-0.1, -0.05) is 32.0 Å². The van der Waals surface area contributed by atoms with E-state index in [0.29, 0.717) is 12.1 Å². The van der Waals surface area contributed by atoms with Crippen LogP contribution in [0.4, 0.5) is 8.78 Å². The molecule has 0 amide bonds. The smallest absolute Gasteiger partial charge is 0.387 e. The van der Waals surface area contributed by atoms with Crippen LogP contribution < -0.4 is 10.5 Å². The van der Waals surface area contributed by atoms with Gasteiger partial charge in [0.05, 0.1) is 0 Å². The molecular weight excluding hydrogens is 200 g/mol. The number of halogens is 2. The Morgan fingerprint density at radius 3 is 2.47 bits per heavy atom. The monoisotopic (exact) mass is 215 g/mol. The van der Waals surface area contributed by atoms with E-state index in [-0.39, 0.29) is 11.2 Å². The van der Waals surface area contributed by atoms with Gasteiger partial charge in [0.1, 0.15) is 5.75 Å². The van der Waals surface area contributed by atoms with E-state index in [4.69, 9.17) is 5.73 Å². The van der Waals surface area contributed by atoms with Crippen LogP contribution in [0.2, 0.25) is 0 Å². The lowest BCUT2D eigenvalue weighted by atomic mass is 9.84. The lowest BCUT2D eigenvalue weighted by Gasteiger charge is -2.25. The van der Waals surface area contributed by atoms with Crippen molar-refractivity contribution in [1.82, 2.24) is 0 Å². The fourth-order valence-corrected chi connectivity index (χ4v) is 1.33. The van der Waals surface area contributed by atoms with Crippen molar-refractivity contribution in [2.24, 2.45) is 5.73 Å². The molecule has 2 N–H and O–H groups in total. The largest absolute Gasteiger partial charge is 0.435 e. The van der Waals surface area contributed by atoms with Gasteiger partial charge in [0.15, 0.2) is 0 Å². The van der Waals surface area contributed by atoms with Gasteiger partial charge >= 0.3 is 6.61 Å². The molecule has 0 unspecified atom stereocenters. The minimum atomic E-state index is -2.81.